The fourth-order valence-corrected chi connectivity index (χ4v) is 3.92. The van der Waals surface area contributed by atoms with Crippen LogP contribution in [0.4, 0.5) is 5.69 Å². The Bertz CT molecular complexity index is 1010. The first-order chi connectivity index (χ1) is 12.4. The van der Waals surface area contributed by atoms with Crippen LogP contribution in [0, 0.1) is 20.8 Å². The van der Waals surface area contributed by atoms with E-state index >= 15 is 0 Å². The van der Waals surface area contributed by atoms with Gasteiger partial charge in [0.1, 0.15) is 5.75 Å². The van der Waals surface area contributed by atoms with Crippen LogP contribution in [-0.4, -0.2) is 13.4 Å². The predicted octanol–water partition coefficient (Wildman–Crippen LogP) is 4.60. The molecule has 5 nitrogen and oxygen atoms in total. The molecule has 0 aliphatic heterocycles. The number of nitrogens with one attached hydrogen (secondary N) is 1. The van der Waals surface area contributed by atoms with Crippen LogP contribution in [0.2, 0.25) is 0 Å². The molecule has 0 unspecified atom stereocenters. The standard InChI is InChI=1S/C20H20N2O3S/c1-14-7-4-5-10-18(14)26(23,24)22-17-11-12-19(21-13-17)25-20-15(2)8-6-9-16(20)3/h4-13,22H,1-3H3. The van der Waals surface area contributed by atoms with E-state index in [4.69, 9.17) is 4.74 Å². The molecular weight excluding hydrogens is 348 g/mol. The molecule has 0 saturated heterocycles. The SMILES string of the molecule is Cc1ccccc1S(=O)(=O)Nc1ccc(Oc2c(C)cccc2C)nc1. The number of hydrogen-bond acceptors (Lipinski definition) is 4. The number of rotatable bonds is 5. The van der Waals surface area contributed by atoms with Gasteiger partial charge in [-0.15, -0.1) is 0 Å². The van der Waals surface area contributed by atoms with Crippen LogP contribution in [0.3, 0.4) is 0 Å². The summed E-state index contributed by atoms with van der Waals surface area (Å²) in [6.07, 6.45) is 1.44. The Hall–Kier alpha value is -2.86. The van der Waals surface area contributed by atoms with Crippen molar-refractivity contribution in [2.75, 3.05) is 4.72 Å². The summed E-state index contributed by atoms with van der Waals surface area (Å²) >= 11 is 0. The van der Waals surface area contributed by atoms with Gasteiger partial charge in [0.2, 0.25) is 5.88 Å². The van der Waals surface area contributed by atoms with Gasteiger partial charge in [0, 0.05) is 6.07 Å². The zero-order valence-corrected chi connectivity index (χ0v) is 15.7. The van der Waals surface area contributed by atoms with E-state index in [1.165, 1.54) is 6.20 Å². The number of sulfonamides is 1. The second-order valence-electron chi connectivity index (χ2n) is 6.08. The van der Waals surface area contributed by atoms with Crippen LogP contribution in [-0.2, 0) is 10.0 Å². The van der Waals surface area contributed by atoms with Crippen LogP contribution >= 0.6 is 0 Å². The lowest BCUT2D eigenvalue weighted by Gasteiger charge is -2.12. The molecule has 1 heterocycles. The summed E-state index contributed by atoms with van der Waals surface area (Å²) in [7, 11) is -3.66. The van der Waals surface area contributed by atoms with E-state index in [0.29, 0.717) is 17.1 Å². The number of benzene rings is 2. The molecule has 0 radical (unpaired) electrons. The normalized spacial score (nSPS) is 11.2. The number of pyridine rings is 1. The second-order valence-corrected chi connectivity index (χ2v) is 7.73. The number of aromatic nitrogens is 1. The highest BCUT2D eigenvalue weighted by Crippen LogP contribution is 2.28. The van der Waals surface area contributed by atoms with E-state index in [1.807, 2.05) is 32.0 Å². The van der Waals surface area contributed by atoms with E-state index in [-0.39, 0.29) is 4.90 Å². The summed E-state index contributed by atoms with van der Waals surface area (Å²) in [5.41, 5.74) is 3.08. The highest BCUT2D eigenvalue weighted by atomic mass is 32.2. The summed E-state index contributed by atoms with van der Waals surface area (Å²) < 4.78 is 33.4. The lowest BCUT2D eigenvalue weighted by Crippen LogP contribution is -2.14. The van der Waals surface area contributed by atoms with Gasteiger partial charge in [0.05, 0.1) is 16.8 Å². The van der Waals surface area contributed by atoms with Crippen molar-refractivity contribution in [1.82, 2.24) is 4.98 Å². The number of anilines is 1. The van der Waals surface area contributed by atoms with E-state index in [2.05, 4.69) is 9.71 Å². The molecule has 0 spiro atoms. The van der Waals surface area contributed by atoms with Crippen molar-refractivity contribution >= 4 is 15.7 Å². The highest BCUT2D eigenvalue weighted by Gasteiger charge is 2.16. The molecule has 0 aliphatic carbocycles. The van der Waals surface area contributed by atoms with Crippen LogP contribution < -0.4 is 9.46 Å². The van der Waals surface area contributed by atoms with Gasteiger partial charge in [-0.2, -0.15) is 0 Å². The van der Waals surface area contributed by atoms with Gasteiger partial charge < -0.3 is 4.74 Å². The molecule has 3 rings (SSSR count). The van der Waals surface area contributed by atoms with Gasteiger partial charge >= 0.3 is 0 Å². The Kier molecular flexibility index (Phi) is 4.95. The van der Waals surface area contributed by atoms with Crippen molar-refractivity contribution in [3.8, 4) is 11.6 Å². The van der Waals surface area contributed by atoms with Gasteiger partial charge in [0.15, 0.2) is 0 Å². The fraction of sp³-hybridized carbons (Fsp3) is 0.150. The van der Waals surface area contributed by atoms with E-state index < -0.39 is 10.0 Å². The van der Waals surface area contributed by atoms with Crippen molar-refractivity contribution in [2.45, 2.75) is 25.7 Å². The van der Waals surface area contributed by atoms with Gasteiger partial charge in [0.25, 0.3) is 10.0 Å². The zero-order valence-electron chi connectivity index (χ0n) is 14.9. The maximum Gasteiger partial charge on any atom is 0.262 e. The molecule has 0 saturated carbocycles. The first-order valence-electron chi connectivity index (χ1n) is 8.15. The van der Waals surface area contributed by atoms with Crippen LogP contribution in [0.1, 0.15) is 16.7 Å². The molecule has 0 fully saturated rings. The maximum atomic E-state index is 12.5. The second kappa shape index (κ2) is 7.17. The van der Waals surface area contributed by atoms with Gasteiger partial charge in [-0.05, 0) is 49.6 Å². The predicted molar refractivity (Wildman–Crippen MR) is 102 cm³/mol. The van der Waals surface area contributed by atoms with Crippen molar-refractivity contribution in [1.29, 1.82) is 0 Å². The molecule has 0 bridgehead atoms. The minimum absolute atomic E-state index is 0.246. The minimum atomic E-state index is -3.66. The summed E-state index contributed by atoms with van der Waals surface area (Å²) in [5, 5.41) is 0. The highest BCUT2D eigenvalue weighted by molar-refractivity contribution is 7.92. The quantitative estimate of drug-likeness (QED) is 0.715. The number of ether oxygens (including phenoxy) is 1. The molecule has 134 valence electrons. The van der Waals surface area contributed by atoms with Crippen LogP contribution in [0.5, 0.6) is 11.6 Å². The van der Waals surface area contributed by atoms with Crippen molar-refractivity contribution in [2.24, 2.45) is 0 Å². The molecule has 2 aromatic carbocycles. The van der Waals surface area contributed by atoms with Crippen LogP contribution in [0.25, 0.3) is 0 Å². The lowest BCUT2D eigenvalue weighted by atomic mass is 10.1. The Morgan fingerprint density at radius 3 is 2.12 bits per heavy atom. The largest absolute Gasteiger partial charge is 0.438 e. The summed E-state index contributed by atoms with van der Waals surface area (Å²) in [4.78, 5) is 4.45. The molecule has 0 amide bonds. The Balaban J connectivity index is 1.79. The molecule has 0 atom stereocenters. The number of hydrogen-bond donors (Lipinski definition) is 1. The Labute approximate surface area is 153 Å². The topological polar surface area (TPSA) is 68.3 Å². The third-order valence-electron chi connectivity index (χ3n) is 3.99. The lowest BCUT2D eigenvalue weighted by molar-refractivity contribution is 0.456. The van der Waals surface area contributed by atoms with Crippen LogP contribution in [0.15, 0.2) is 65.7 Å². The van der Waals surface area contributed by atoms with E-state index in [1.54, 1.807) is 43.3 Å². The van der Waals surface area contributed by atoms with Gasteiger partial charge in [-0.25, -0.2) is 13.4 Å². The average molecular weight is 368 g/mol. The molecule has 6 heteroatoms. The van der Waals surface area contributed by atoms with Gasteiger partial charge in [-0.1, -0.05) is 36.4 Å². The fourth-order valence-electron chi connectivity index (χ4n) is 2.63. The average Bonchev–Trinajstić information content (AvgIpc) is 2.60. The summed E-state index contributed by atoms with van der Waals surface area (Å²) in [6, 6.07) is 16.0. The first kappa shape index (κ1) is 17.9. The third kappa shape index (κ3) is 3.86. The molecule has 26 heavy (non-hydrogen) atoms. The van der Waals surface area contributed by atoms with E-state index in [9.17, 15) is 8.42 Å². The Morgan fingerprint density at radius 1 is 0.846 bits per heavy atom. The number of nitrogens with zero attached hydrogens (tertiary/aromatic N) is 1. The summed E-state index contributed by atoms with van der Waals surface area (Å²) in [6.45, 7) is 5.69. The molecule has 1 aromatic heterocycles. The minimum Gasteiger partial charge on any atom is -0.438 e. The molecule has 1 N–H and O–H groups in total. The monoisotopic (exact) mass is 368 g/mol. The smallest absolute Gasteiger partial charge is 0.262 e. The molecular formula is C20H20N2O3S. The zero-order chi connectivity index (χ0) is 18.7. The maximum absolute atomic E-state index is 12.5. The first-order valence-corrected chi connectivity index (χ1v) is 9.64. The summed E-state index contributed by atoms with van der Waals surface area (Å²) in [5.74, 6) is 1.16. The van der Waals surface area contributed by atoms with E-state index in [0.717, 1.165) is 16.9 Å². The number of para-hydroxylation sites is 1. The molecule has 3 aromatic rings. The van der Waals surface area contributed by atoms with Crippen molar-refractivity contribution in [3.05, 3.63) is 77.5 Å². The van der Waals surface area contributed by atoms with Crippen molar-refractivity contribution in [3.63, 3.8) is 0 Å². The third-order valence-corrected chi connectivity index (χ3v) is 5.53. The Morgan fingerprint density at radius 2 is 1.50 bits per heavy atom. The molecule has 0 aliphatic rings. The number of aryl methyl sites for hydroxylation is 3. The van der Waals surface area contributed by atoms with Gasteiger partial charge in [-0.3, -0.25) is 4.72 Å². The van der Waals surface area contributed by atoms with Crippen molar-refractivity contribution < 1.29 is 13.2 Å².